The third kappa shape index (κ3) is 5.69. The number of aromatic nitrogens is 1. The van der Waals surface area contributed by atoms with E-state index in [0.717, 1.165) is 23.1 Å². The zero-order chi connectivity index (χ0) is 26.5. The quantitative estimate of drug-likeness (QED) is 0.524. The first kappa shape index (κ1) is 26.0. The normalized spacial score (nSPS) is 16.9. The van der Waals surface area contributed by atoms with Crippen molar-refractivity contribution in [3.05, 3.63) is 53.4 Å². The summed E-state index contributed by atoms with van der Waals surface area (Å²) in [5.74, 6) is -1.29. The summed E-state index contributed by atoms with van der Waals surface area (Å²) in [5.41, 5.74) is 9.82. The number of carbonyl (C=O) groups is 3. The maximum absolute atomic E-state index is 13.1. The van der Waals surface area contributed by atoms with Crippen LogP contribution in [0.1, 0.15) is 55.6 Å². The third-order valence-electron chi connectivity index (χ3n) is 6.32. The number of aliphatic carboxylic acids is 1. The summed E-state index contributed by atoms with van der Waals surface area (Å²) >= 11 is 0. The molecular formula is C27H31N5O5. The van der Waals surface area contributed by atoms with Gasteiger partial charge in [0.2, 0.25) is 0 Å². The van der Waals surface area contributed by atoms with E-state index in [4.69, 9.17) is 10.6 Å². The summed E-state index contributed by atoms with van der Waals surface area (Å²) in [6, 6.07) is 8.18. The monoisotopic (exact) mass is 505 g/mol. The van der Waals surface area contributed by atoms with Crippen molar-refractivity contribution in [1.29, 1.82) is 0 Å². The number of nitrogens with two attached hydrogens (primary N) is 1. The Morgan fingerprint density at radius 3 is 2.65 bits per heavy atom. The van der Waals surface area contributed by atoms with E-state index < -0.39 is 12.0 Å². The highest BCUT2D eigenvalue weighted by molar-refractivity contribution is 6.05. The second kappa shape index (κ2) is 11.3. The Kier molecular flexibility index (Phi) is 7.98. The number of aliphatic imine (C=N–C) groups is 1. The molecule has 3 N–H and O–H groups in total. The summed E-state index contributed by atoms with van der Waals surface area (Å²) in [6.45, 7) is 5.08. The zero-order valence-electron chi connectivity index (χ0n) is 21.0. The maximum atomic E-state index is 13.1. The Balaban J connectivity index is 1.57. The van der Waals surface area contributed by atoms with Crippen LogP contribution in [0.25, 0.3) is 17.2 Å². The number of amidine groups is 1. The van der Waals surface area contributed by atoms with Crippen molar-refractivity contribution in [2.24, 2.45) is 10.7 Å². The Labute approximate surface area is 215 Å². The van der Waals surface area contributed by atoms with E-state index in [1.807, 2.05) is 32.0 Å². The molecule has 1 aromatic heterocycles. The average Bonchev–Trinajstić information content (AvgIpc) is 3.32. The van der Waals surface area contributed by atoms with Gasteiger partial charge in [-0.05, 0) is 50.0 Å². The number of amides is 2. The lowest BCUT2D eigenvalue weighted by atomic mass is 10.0. The van der Waals surface area contributed by atoms with E-state index in [0.29, 0.717) is 49.6 Å². The molecule has 0 unspecified atom stereocenters. The number of fused-ring (bicyclic) bond motifs is 1. The number of carboxylic acid groups (broad SMARTS) is 1. The second-order valence-electron chi connectivity index (χ2n) is 8.98. The van der Waals surface area contributed by atoms with Gasteiger partial charge in [-0.15, -0.1) is 0 Å². The minimum atomic E-state index is -0.998. The van der Waals surface area contributed by atoms with Crippen LogP contribution in [0, 0.1) is 0 Å². The van der Waals surface area contributed by atoms with E-state index in [-0.39, 0.29) is 23.9 Å². The summed E-state index contributed by atoms with van der Waals surface area (Å²) in [7, 11) is 0. The highest BCUT2D eigenvalue weighted by atomic mass is 16.7. The maximum Gasteiger partial charge on any atom is 0.326 e. The van der Waals surface area contributed by atoms with Crippen LogP contribution in [0.5, 0.6) is 0 Å². The number of benzene rings is 1. The van der Waals surface area contributed by atoms with Crippen molar-refractivity contribution in [2.45, 2.75) is 45.6 Å². The van der Waals surface area contributed by atoms with Crippen LogP contribution in [0.4, 0.5) is 5.69 Å². The fourth-order valence-electron chi connectivity index (χ4n) is 4.56. The number of likely N-dealkylation sites (tertiary alicyclic amines) is 1. The minimum absolute atomic E-state index is 0.200. The number of hydrogen-bond donors (Lipinski definition) is 2. The van der Waals surface area contributed by atoms with Crippen LogP contribution in [0.3, 0.4) is 0 Å². The molecule has 37 heavy (non-hydrogen) atoms. The van der Waals surface area contributed by atoms with Gasteiger partial charge < -0.3 is 15.7 Å². The van der Waals surface area contributed by atoms with Crippen LogP contribution in [0.2, 0.25) is 0 Å². The number of hydrogen-bond acceptors (Lipinski definition) is 7. The van der Waals surface area contributed by atoms with Crippen molar-refractivity contribution < 1.29 is 24.3 Å². The van der Waals surface area contributed by atoms with Crippen LogP contribution < -0.4 is 5.73 Å². The lowest BCUT2D eigenvalue weighted by Gasteiger charge is -2.21. The molecule has 1 atom stereocenters. The molecule has 4 rings (SSSR count). The molecule has 0 radical (unpaired) electrons. The van der Waals surface area contributed by atoms with E-state index >= 15 is 0 Å². The second-order valence-corrected chi connectivity index (χ2v) is 8.98. The molecule has 10 nitrogen and oxygen atoms in total. The van der Waals surface area contributed by atoms with Crippen molar-refractivity contribution in [3.8, 4) is 11.1 Å². The number of hydroxylamine groups is 2. The van der Waals surface area contributed by atoms with Gasteiger partial charge in [-0.3, -0.25) is 19.4 Å². The lowest BCUT2D eigenvalue weighted by Crippen LogP contribution is -2.40. The first-order valence-corrected chi connectivity index (χ1v) is 12.4. The van der Waals surface area contributed by atoms with E-state index in [9.17, 15) is 19.5 Å². The average molecular weight is 506 g/mol. The molecule has 3 heterocycles. The Hall–Kier alpha value is -4.05. The summed E-state index contributed by atoms with van der Waals surface area (Å²) in [6.07, 6.45) is 5.45. The number of carboxylic acids is 1. The largest absolute Gasteiger partial charge is 0.480 e. The Morgan fingerprint density at radius 2 is 1.97 bits per heavy atom. The van der Waals surface area contributed by atoms with Gasteiger partial charge in [0.05, 0.1) is 12.3 Å². The highest BCUT2D eigenvalue weighted by Gasteiger charge is 2.34. The van der Waals surface area contributed by atoms with Crippen LogP contribution in [-0.4, -0.2) is 69.4 Å². The molecule has 2 aromatic rings. The molecule has 0 aliphatic carbocycles. The van der Waals surface area contributed by atoms with E-state index in [1.54, 1.807) is 24.4 Å². The summed E-state index contributed by atoms with van der Waals surface area (Å²) in [5, 5.41) is 10.7. The topological polar surface area (TPSA) is 138 Å². The Bertz CT molecular complexity index is 1250. The first-order chi connectivity index (χ1) is 17.8. The third-order valence-corrected chi connectivity index (χ3v) is 6.32. The molecule has 194 valence electrons. The zero-order valence-corrected chi connectivity index (χ0v) is 21.0. The van der Waals surface area contributed by atoms with Gasteiger partial charge in [-0.25, -0.2) is 14.9 Å². The van der Waals surface area contributed by atoms with Gasteiger partial charge in [-0.1, -0.05) is 25.1 Å². The molecule has 0 bridgehead atoms. The van der Waals surface area contributed by atoms with Crippen LogP contribution in [0.15, 0.2) is 47.1 Å². The smallest absolute Gasteiger partial charge is 0.326 e. The van der Waals surface area contributed by atoms with Gasteiger partial charge in [-0.2, -0.15) is 0 Å². The van der Waals surface area contributed by atoms with Gasteiger partial charge in [0, 0.05) is 42.4 Å². The van der Waals surface area contributed by atoms with Gasteiger partial charge >= 0.3 is 5.97 Å². The molecule has 2 amide bonds. The SMILES string of the molecule is CCCN(OCC)C(=O)C1=Cc2ccc(-c3ccc(C(=O)N4CCC[C@H]4C(=O)O)nc3)cc2N=C(N)C1. The number of pyridine rings is 1. The van der Waals surface area contributed by atoms with Gasteiger partial charge in [0.1, 0.15) is 17.6 Å². The van der Waals surface area contributed by atoms with Crippen LogP contribution >= 0.6 is 0 Å². The van der Waals surface area contributed by atoms with E-state index in [2.05, 4.69) is 9.98 Å². The molecule has 1 fully saturated rings. The summed E-state index contributed by atoms with van der Waals surface area (Å²) < 4.78 is 0. The highest BCUT2D eigenvalue weighted by Crippen LogP contribution is 2.32. The lowest BCUT2D eigenvalue weighted by molar-refractivity contribution is -0.180. The van der Waals surface area contributed by atoms with Crippen LogP contribution in [-0.2, 0) is 14.4 Å². The molecule has 1 saturated heterocycles. The fraction of sp³-hybridized carbons (Fsp3) is 0.370. The standard InChI is InChI=1S/C27H31N5O5/c1-3-11-32(37-4-2)25(33)20-13-18-8-7-17(14-22(18)30-24(28)15-20)19-9-10-21(29-16-19)26(34)31-12-5-6-23(31)27(35)36/h7-10,13-14,16,23H,3-6,11-12,15H2,1-2H3,(H2,28,30)(H,35,36)/t23-/m0/s1. The Morgan fingerprint density at radius 1 is 1.19 bits per heavy atom. The predicted molar refractivity (Wildman–Crippen MR) is 139 cm³/mol. The van der Waals surface area contributed by atoms with Crippen molar-refractivity contribution in [2.75, 3.05) is 19.7 Å². The fourth-order valence-corrected chi connectivity index (χ4v) is 4.56. The van der Waals surface area contributed by atoms with Gasteiger partial charge in [0.15, 0.2) is 0 Å². The first-order valence-electron chi connectivity index (χ1n) is 12.4. The molecule has 10 heteroatoms. The van der Waals surface area contributed by atoms with Crippen molar-refractivity contribution in [3.63, 3.8) is 0 Å². The minimum Gasteiger partial charge on any atom is -0.480 e. The van der Waals surface area contributed by atoms with Crippen molar-refractivity contribution >= 4 is 35.4 Å². The molecular weight excluding hydrogens is 474 g/mol. The number of carbonyl (C=O) groups excluding carboxylic acids is 2. The molecule has 2 aliphatic heterocycles. The number of nitrogens with zero attached hydrogens (tertiary/aromatic N) is 4. The number of rotatable bonds is 8. The molecule has 0 spiro atoms. The molecule has 2 aliphatic rings. The summed E-state index contributed by atoms with van der Waals surface area (Å²) in [4.78, 5) is 53.0. The van der Waals surface area contributed by atoms with E-state index in [1.165, 1.54) is 9.96 Å². The molecule has 1 aromatic carbocycles. The van der Waals surface area contributed by atoms with Crippen molar-refractivity contribution in [1.82, 2.24) is 14.9 Å². The molecule has 0 saturated carbocycles. The van der Waals surface area contributed by atoms with Gasteiger partial charge in [0.25, 0.3) is 11.8 Å². The predicted octanol–water partition coefficient (Wildman–Crippen LogP) is 3.40.